The first kappa shape index (κ1) is 22.7. The van der Waals surface area contributed by atoms with Crippen molar-refractivity contribution in [3.8, 4) is 5.75 Å². The molecule has 1 radical (unpaired) electrons. The lowest BCUT2D eigenvalue weighted by atomic mass is 9.96. The number of hydrogen-bond donors (Lipinski definition) is 2. The van der Waals surface area contributed by atoms with E-state index >= 15 is 0 Å². The predicted molar refractivity (Wildman–Crippen MR) is 123 cm³/mol. The van der Waals surface area contributed by atoms with Gasteiger partial charge in [0.25, 0.3) is 5.91 Å². The number of rotatable bonds is 8. The molecule has 1 amide bonds. The third kappa shape index (κ3) is 6.03. The monoisotopic (exact) mass is 448 g/mol. The van der Waals surface area contributed by atoms with Crippen LogP contribution in [0.2, 0.25) is 10.0 Å². The van der Waals surface area contributed by atoms with Crippen LogP contribution >= 0.6 is 23.2 Å². The van der Waals surface area contributed by atoms with E-state index in [2.05, 4.69) is 16.6 Å². The summed E-state index contributed by atoms with van der Waals surface area (Å²) < 4.78 is 5.27. The molecular formula is C23H28Cl2N3O2. The Kier molecular flexibility index (Phi) is 8.25. The molecule has 0 unspecified atom stereocenters. The van der Waals surface area contributed by atoms with Gasteiger partial charge in [0.15, 0.2) is 0 Å². The molecule has 2 aromatic rings. The highest BCUT2D eigenvalue weighted by Gasteiger charge is 2.21. The van der Waals surface area contributed by atoms with Gasteiger partial charge in [0.1, 0.15) is 5.75 Å². The van der Waals surface area contributed by atoms with Crippen LogP contribution in [-0.4, -0.2) is 44.1 Å². The summed E-state index contributed by atoms with van der Waals surface area (Å²) in [6.45, 7) is 3.73. The molecule has 30 heavy (non-hydrogen) atoms. The molecule has 1 saturated heterocycles. The van der Waals surface area contributed by atoms with Crippen molar-refractivity contribution in [2.24, 2.45) is 5.92 Å². The molecule has 3 rings (SSSR count). The Balaban J connectivity index is 1.40. The van der Waals surface area contributed by atoms with Gasteiger partial charge >= 0.3 is 0 Å². The van der Waals surface area contributed by atoms with E-state index in [1.54, 1.807) is 12.1 Å². The second kappa shape index (κ2) is 10.9. The van der Waals surface area contributed by atoms with Crippen molar-refractivity contribution in [3.05, 3.63) is 64.0 Å². The van der Waals surface area contributed by atoms with E-state index in [1.165, 1.54) is 7.11 Å². The predicted octanol–water partition coefficient (Wildman–Crippen LogP) is 4.67. The SMILES string of the molecule is COc1cc(Cl)c(N)cc1C(=O)NCC1CCN(CC[CH]c2ccccc2Cl)CC1. The van der Waals surface area contributed by atoms with Gasteiger partial charge in [-0.05, 0) is 68.9 Å². The number of nitrogen functional groups attached to an aromatic ring is 1. The lowest BCUT2D eigenvalue weighted by Crippen LogP contribution is -2.39. The zero-order valence-corrected chi connectivity index (χ0v) is 18.7. The molecule has 161 valence electrons. The fraction of sp³-hybridized carbons (Fsp3) is 0.391. The van der Waals surface area contributed by atoms with Crippen molar-refractivity contribution < 1.29 is 9.53 Å². The summed E-state index contributed by atoms with van der Waals surface area (Å²) in [6, 6.07) is 11.0. The van der Waals surface area contributed by atoms with Gasteiger partial charge in [-0.15, -0.1) is 0 Å². The molecular weight excluding hydrogens is 421 g/mol. The van der Waals surface area contributed by atoms with Crippen molar-refractivity contribution in [2.45, 2.75) is 19.3 Å². The number of anilines is 1. The van der Waals surface area contributed by atoms with Gasteiger partial charge in [0.05, 0.1) is 23.4 Å². The summed E-state index contributed by atoms with van der Waals surface area (Å²) in [7, 11) is 1.51. The smallest absolute Gasteiger partial charge is 0.255 e. The Bertz CT molecular complexity index is 868. The van der Waals surface area contributed by atoms with Crippen LogP contribution in [0.5, 0.6) is 5.75 Å². The van der Waals surface area contributed by atoms with Crippen molar-refractivity contribution in [2.75, 3.05) is 39.0 Å². The number of nitrogens with one attached hydrogen (secondary N) is 1. The summed E-state index contributed by atoms with van der Waals surface area (Å²) >= 11 is 12.2. The number of nitrogens with zero attached hydrogens (tertiary/aromatic N) is 1. The Labute approximate surface area is 188 Å². The maximum Gasteiger partial charge on any atom is 0.255 e. The lowest BCUT2D eigenvalue weighted by molar-refractivity contribution is 0.0933. The normalized spacial score (nSPS) is 15.2. The van der Waals surface area contributed by atoms with Crippen molar-refractivity contribution >= 4 is 34.8 Å². The summed E-state index contributed by atoms with van der Waals surface area (Å²) in [5, 5.41) is 4.19. The molecule has 7 heteroatoms. The van der Waals surface area contributed by atoms with Crippen LogP contribution < -0.4 is 15.8 Å². The zero-order valence-electron chi connectivity index (χ0n) is 17.2. The molecule has 0 atom stereocenters. The largest absolute Gasteiger partial charge is 0.496 e. The molecule has 0 aliphatic carbocycles. The number of halogens is 2. The minimum absolute atomic E-state index is 0.188. The molecule has 1 heterocycles. The standard InChI is InChI=1S/C23H28Cl2N3O2/c1-30-22-14-20(25)21(26)13-18(22)23(29)27-15-16-8-11-28(12-9-16)10-4-6-17-5-2-3-7-19(17)24/h2-3,5-7,13-14,16H,4,8-12,15,26H2,1H3,(H,27,29). The van der Waals surface area contributed by atoms with Crippen LogP contribution in [0, 0.1) is 12.3 Å². The quantitative estimate of drug-likeness (QED) is 0.575. The highest BCUT2D eigenvalue weighted by atomic mass is 35.5. The van der Waals surface area contributed by atoms with Gasteiger partial charge in [0.2, 0.25) is 0 Å². The summed E-state index contributed by atoms with van der Waals surface area (Å²) in [6.07, 6.45) is 5.29. The number of nitrogens with two attached hydrogens (primary N) is 1. The van der Waals surface area contributed by atoms with E-state index in [0.717, 1.165) is 49.5 Å². The van der Waals surface area contributed by atoms with Gasteiger partial charge in [-0.3, -0.25) is 4.79 Å². The molecule has 0 aromatic heterocycles. The molecule has 0 spiro atoms. The van der Waals surface area contributed by atoms with Crippen LogP contribution in [0.4, 0.5) is 5.69 Å². The van der Waals surface area contributed by atoms with Gasteiger partial charge < -0.3 is 20.7 Å². The maximum atomic E-state index is 12.6. The molecule has 0 bridgehead atoms. The fourth-order valence-electron chi connectivity index (χ4n) is 3.71. The van der Waals surface area contributed by atoms with E-state index in [9.17, 15) is 4.79 Å². The maximum absolute atomic E-state index is 12.6. The topological polar surface area (TPSA) is 67.6 Å². The summed E-state index contributed by atoms with van der Waals surface area (Å²) in [5.41, 5.74) is 7.71. The number of ether oxygens (including phenoxy) is 1. The first-order valence-electron chi connectivity index (χ1n) is 10.2. The summed E-state index contributed by atoms with van der Waals surface area (Å²) in [4.78, 5) is 15.1. The molecule has 2 aromatic carbocycles. The number of piperidine rings is 1. The van der Waals surface area contributed by atoms with E-state index in [-0.39, 0.29) is 5.91 Å². The van der Waals surface area contributed by atoms with Gasteiger partial charge in [-0.2, -0.15) is 0 Å². The third-order valence-corrected chi connectivity index (χ3v) is 6.21. The Hall–Kier alpha value is -1.95. The first-order chi connectivity index (χ1) is 14.5. The second-order valence-electron chi connectivity index (χ2n) is 7.58. The highest BCUT2D eigenvalue weighted by molar-refractivity contribution is 6.33. The van der Waals surface area contributed by atoms with Gasteiger partial charge in [-0.25, -0.2) is 0 Å². The zero-order chi connectivity index (χ0) is 21.5. The molecule has 1 fully saturated rings. The number of likely N-dealkylation sites (tertiary alicyclic amines) is 1. The number of benzene rings is 2. The van der Waals surface area contributed by atoms with Crippen LogP contribution in [0.1, 0.15) is 35.2 Å². The molecule has 1 aliphatic rings. The second-order valence-corrected chi connectivity index (χ2v) is 8.40. The van der Waals surface area contributed by atoms with E-state index in [1.807, 2.05) is 24.3 Å². The van der Waals surface area contributed by atoms with Crippen LogP contribution in [0.15, 0.2) is 36.4 Å². The van der Waals surface area contributed by atoms with Gasteiger partial charge in [0, 0.05) is 17.6 Å². The number of carbonyl (C=O) groups excluding carboxylic acids is 1. The van der Waals surface area contributed by atoms with E-state index in [4.69, 9.17) is 33.7 Å². The Morgan fingerprint density at radius 2 is 1.97 bits per heavy atom. The number of amides is 1. The molecule has 1 aliphatic heterocycles. The van der Waals surface area contributed by atoms with Crippen LogP contribution in [0.3, 0.4) is 0 Å². The van der Waals surface area contributed by atoms with Gasteiger partial charge in [-0.1, -0.05) is 41.4 Å². The Morgan fingerprint density at radius 3 is 2.67 bits per heavy atom. The molecule has 0 saturated carbocycles. The fourth-order valence-corrected chi connectivity index (χ4v) is 4.07. The molecule has 3 N–H and O–H groups in total. The minimum atomic E-state index is -0.188. The highest BCUT2D eigenvalue weighted by Crippen LogP contribution is 2.29. The van der Waals surface area contributed by atoms with Crippen molar-refractivity contribution in [1.82, 2.24) is 10.2 Å². The number of carbonyl (C=O) groups is 1. The first-order valence-corrected chi connectivity index (χ1v) is 10.9. The third-order valence-electron chi connectivity index (χ3n) is 5.54. The van der Waals surface area contributed by atoms with Crippen LogP contribution in [0.25, 0.3) is 0 Å². The Morgan fingerprint density at radius 1 is 1.23 bits per heavy atom. The van der Waals surface area contributed by atoms with Crippen LogP contribution in [-0.2, 0) is 0 Å². The molecule has 5 nitrogen and oxygen atoms in total. The summed E-state index contributed by atoms with van der Waals surface area (Å²) in [5.74, 6) is 0.705. The van der Waals surface area contributed by atoms with Crippen molar-refractivity contribution in [1.29, 1.82) is 0 Å². The van der Waals surface area contributed by atoms with Crippen molar-refractivity contribution in [3.63, 3.8) is 0 Å². The average Bonchev–Trinajstić information content (AvgIpc) is 2.76. The van der Waals surface area contributed by atoms with E-state index in [0.29, 0.717) is 34.5 Å². The number of methoxy groups -OCH3 is 1. The van der Waals surface area contributed by atoms with E-state index < -0.39 is 0 Å². The minimum Gasteiger partial charge on any atom is -0.496 e. The average molecular weight is 449 g/mol. The number of hydrogen-bond acceptors (Lipinski definition) is 4. The lowest BCUT2D eigenvalue weighted by Gasteiger charge is -2.32.